The normalized spacial score (nSPS) is 12.5. The molecule has 1 unspecified atom stereocenters. The maximum Gasteiger partial charge on any atom is 0.195 e. The summed E-state index contributed by atoms with van der Waals surface area (Å²) in [5.41, 5.74) is 6.29. The van der Waals surface area contributed by atoms with Crippen LogP contribution >= 0.6 is 11.8 Å². The first kappa shape index (κ1) is 9.96. The monoisotopic (exact) mass is 219 g/mol. The average Bonchev–Trinajstić information content (AvgIpc) is 2.69. The summed E-state index contributed by atoms with van der Waals surface area (Å²) in [6.07, 6.45) is 1.88. The zero-order valence-electron chi connectivity index (χ0n) is 7.87. The second-order valence-corrected chi connectivity index (χ2v) is 3.95. The van der Waals surface area contributed by atoms with E-state index in [1.165, 1.54) is 11.8 Å². The lowest BCUT2D eigenvalue weighted by molar-refractivity contribution is 0.904. The van der Waals surface area contributed by atoms with Crippen molar-refractivity contribution in [2.45, 2.75) is 11.2 Å². The van der Waals surface area contributed by atoms with E-state index in [0.717, 1.165) is 10.8 Å². The Morgan fingerprint density at radius 1 is 1.53 bits per heavy atom. The first-order valence-corrected chi connectivity index (χ1v) is 5.37. The highest BCUT2D eigenvalue weighted by molar-refractivity contribution is 7.99. The van der Waals surface area contributed by atoms with Gasteiger partial charge in [0.25, 0.3) is 0 Å². The van der Waals surface area contributed by atoms with Gasteiger partial charge >= 0.3 is 0 Å². The predicted octanol–water partition coefficient (Wildman–Crippen LogP) is 0.672. The molecule has 76 valence electrons. The number of thioether (sulfide) groups is 1. The van der Waals surface area contributed by atoms with E-state index in [1.54, 1.807) is 0 Å². The Morgan fingerprint density at radius 3 is 3.20 bits per heavy atom. The Bertz CT molecular complexity index is 500. The third-order valence-corrected chi connectivity index (χ3v) is 2.90. The third-order valence-electron chi connectivity index (χ3n) is 1.84. The highest BCUT2D eigenvalue weighted by atomic mass is 32.2. The molecule has 0 fully saturated rings. The summed E-state index contributed by atoms with van der Waals surface area (Å²) in [5, 5.41) is 17.3. The fourth-order valence-corrected chi connectivity index (χ4v) is 1.91. The van der Waals surface area contributed by atoms with Crippen molar-refractivity contribution in [1.82, 2.24) is 14.6 Å². The van der Waals surface area contributed by atoms with Crippen molar-refractivity contribution in [2.75, 3.05) is 5.75 Å². The summed E-state index contributed by atoms with van der Waals surface area (Å²) in [7, 11) is 0. The van der Waals surface area contributed by atoms with E-state index in [1.807, 2.05) is 34.9 Å². The molecule has 2 aromatic heterocycles. The van der Waals surface area contributed by atoms with Crippen LogP contribution in [0.1, 0.15) is 0 Å². The van der Waals surface area contributed by atoms with Crippen LogP contribution in [0.25, 0.3) is 5.65 Å². The van der Waals surface area contributed by atoms with Gasteiger partial charge in [0.15, 0.2) is 10.8 Å². The molecule has 5 nitrogen and oxygen atoms in total. The van der Waals surface area contributed by atoms with Gasteiger partial charge in [0.1, 0.15) is 6.04 Å². The SMILES string of the molecule is N#CC(N)CSc1nnc2ccccn12. The minimum absolute atomic E-state index is 0.467. The van der Waals surface area contributed by atoms with Crippen LogP contribution in [0.15, 0.2) is 29.6 Å². The zero-order chi connectivity index (χ0) is 10.7. The van der Waals surface area contributed by atoms with Crippen LogP contribution in [0.5, 0.6) is 0 Å². The first-order valence-electron chi connectivity index (χ1n) is 4.39. The van der Waals surface area contributed by atoms with E-state index in [9.17, 15) is 0 Å². The summed E-state index contributed by atoms with van der Waals surface area (Å²) in [6, 6.07) is 7.19. The highest BCUT2D eigenvalue weighted by Gasteiger charge is 2.07. The molecule has 2 rings (SSSR count). The Kier molecular flexibility index (Phi) is 2.85. The lowest BCUT2D eigenvalue weighted by atomic mass is 10.4. The van der Waals surface area contributed by atoms with E-state index in [4.69, 9.17) is 11.0 Å². The van der Waals surface area contributed by atoms with Gasteiger partial charge in [-0.3, -0.25) is 4.40 Å². The Hall–Kier alpha value is -1.58. The van der Waals surface area contributed by atoms with Crippen LogP contribution in [0.4, 0.5) is 0 Å². The van der Waals surface area contributed by atoms with Gasteiger partial charge in [-0.15, -0.1) is 10.2 Å². The highest BCUT2D eigenvalue weighted by Crippen LogP contribution is 2.16. The largest absolute Gasteiger partial charge is 0.315 e. The topological polar surface area (TPSA) is 80.0 Å². The smallest absolute Gasteiger partial charge is 0.195 e. The lowest BCUT2D eigenvalue weighted by Crippen LogP contribution is -2.20. The summed E-state index contributed by atoms with van der Waals surface area (Å²) in [5.74, 6) is 0.520. The Labute approximate surface area is 90.9 Å². The molecule has 0 saturated carbocycles. The molecule has 0 amide bonds. The van der Waals surface area contributed by atoms with Crippen molar-refractivity contribution in [2.24, 2.45) is 5.73 Å². The minimum atomic E-state index is -0.467. The standard InChI is InChI=1S/C9H9N5S/c10-5-7(11)6-15-9-13-12-8-3-1-2-4-14(8)9/h1-4,7H,6,11H2. The number of pyridine rings is 1. The molecule has 2 heterocycles. The second-order valence-electron chi connectivity index (χ2n) is 2.96. The number of nitrogens with two attached hydrogens (primary N) is 1. The fraction of sp³-hybridized carbons (Fsp3) is 0.222. The Balaban J connectivity index is 2.19. The van der Waals surface area contributed by atoms with Gasteiger partial charge in [-0.1, -0.05) is 17.8 Å². The lowest BCUT2D eigenvalue weighted by Gasteiger charge is -2.00. The molecular weight excluding hydrogens is 210 g/mol. The number of nitrogens with zero attached hydrogens (tertiary/aromatic N) is 4. The maximum atomic E-state index is 8.55. The van der Waals surface area contributed by atoms with Crippen molar-refractivity contribution < 1.29 is 0 Å². The molecule has 0 aliphatic rings. The number of rotatable bonds is 3. The van der Waals surface area contributed by atoms with Crippen molar-refractivity contribution in [3.8, 4) is 6.07 Å². The van der Waals surface area contributed by atoms with Crippen molar-refractivity contribution in [1.29, 1.82) is 5.26 Å². The zero-order valence-corrected chi connectivity index (χ0v) is 8.68. The number of hydrogen-bond donors (Lipinski definition) is 1. The number of hydrogen-bond acceptors (Lipinski definition) is 5. The van der Waals surface area contributed by atoms with Crippen molar-refractivity contribution in [3.63, 3.8) is 0 Å². The molecule has 0 saturated heterocycles. The molecule has 1 atom stereocenters. The molecule has 6 heteroatoms. The van der Waals surface area contributed by atoms with Crippen LogP contribution in [-0.4, -0.2) is 26.4 Å². The molecule has 2 aromatic rings. The van der Waals surface area contributed by atoms with Gasteiger partial charge in [-0.25, -0.2) is 0 Å². The van der Waals surface area contributed by atoms with Crippen LogP contribution in [0, 0.1) is 11.3 Å². The van der Waals surface area contributed by atoms with Crippen LogP contribution in [0.2, 0.25) is 0 Å². The van der Waals surface area contributed by atoms with Gasteiger partial charge < -0.3 is 5.73 Å². The molecule has 0 spiro atoms. The summed E-state index contributed by atoms with van der Waals surface area (Å²) in [4.78, 5) is 0. The molecule has 0 aliphatic carbocycles. The quantitative estimate of drug-likeness (QED) is 0.767. The molecule has 15 heavy (non-hydrogen) atoms. The second kappa shape index (κ2) is 4.29. The summed E-state index contributed by atoms with van der Waals surface area (Å²) >= 11 is 1.43. The summed E-state index contributed by atoms with van der Waals surface area (Å²) in [6.45, 7) is 0. The number of nitriles is 1. The molecule has 0 radical (unpaired) electrons. The van der Waals surface area contributed by atoms with Gasteiger partial charge in [-0.2, -0.15) is 5.26 Å². The average molecular weight is 219 g/mol. The van der Waals surface area contributed by atoms with Crippen LogP contribution in [0.3, 0.4) is 0 Å². The molecular formula is C9H9N5S. The van der Waals surface area contributed by atoms with E-state index in [2.05, 4.69) is 10.2 Å². The minimum Gasteiger partial charge on any atom is -0.315 e. The summed E-state index contributed by atoms with van der Waals surface area (Å²) < 4.78 is 1.87. The van der Waals surface area contributed by atoms with Crippen molar-refractivity contribution in [3.05, 3.63) is 24.4 Å². The predicted molar refractivity (Wildman–Crippen MR) is 57.3 cm³/mol. The van der Waals surface area contributed by atoms with Gasteiger partial charge in [0.05, 0.1) is 6.07 Å². The molecule has 0 aliphatic heterocycles. The van der Waals surface area contributed by atoms with Gasteiger partial charge in [-0.05, 0) is 12.1 Å². The third kappa shape index (κ3) is 2.09. The molecule has 0 aromatic carbocycles. The van der Waals surface area contributed by atoms with E-state index < -0.39 is 6.04 Å². The van der Waals surface area contributed by atoms with Crippen LogP contribution in [-0.2, 0) is 0 Å². The van der Waals surface area contributed by atoms with Gasteiger partial charge in [0, 0.05) is 11.9 Å². The molecule has 0 bridgehead atoms. The van der Waals surface area contributed by atoms with Crippen LogP contribution < -0.4 is 5.73 Å². The van der Waals surface area contributed by atoms with Crippen molar-refractivity contribution >= 4 is 17.4 Å². The number of fused-ring (bicyclic) bond motifs is 1. The van der Waals surface area contributed by atoms with Gasteiger partial charge in [0.2, 0.25) is 0 Å². The van der Waals surface area contributed by atoms with E-state index in [-0.39, 0.29) is 0 Å². The fourth-order valence-electron chi connectivity index (χ4n) is 1.12. The maximum absolute atomic E-state index is 8.55. The van der Waals surface area contributed by atoms with E-state index in [0.29, 0.717) is 5.75 Å². The number of aromatic nitrogens is 3. The first-order chi connectivity index (χ1) is 7.31. The van der Waals surface area contributed by atoms with E-state index >= 15 is 0 Å². The molecule has 2 N–H and O–H groups in total. The Morgan fingerprint density at radius 2 is 2.40 bits per heavy atom.